The van der Waals surface area contributed by atoms with Crippen LogP contribution in [0.3, 0.4) is 0 Å². The molecular formula is C20H17ClN4O3. The molecule has 0 saturated heterocycles. The van der Waals surface area contributed by atoms with E-state index in [1.54, 1.807) is 0 Å². The number of carbonyl (C=O) groups excluding carboxylic acids is 3. The van der Waals surface area contributed by atoms with Gasteiger partial charge in [0.25, 0.3) is 11.8 Å². The van der Waals surface area contributed by atoms with E-state index in [-0.39, 0.29) is 30.3 Å². The number of hydrogen-bond donors (Lipinski definition) is 2. The molecule has 0 radical (unpaired) electrons. The maximum atomic E-state index is 12.3. The van der Waals surface area contributed by atoms with Gasteiger partial charge in [0.2, 0.25) is 5.91 Å². The summed E-state index contributed by atoms with van der Waals surface area (Å²) in [6.07, 6.45) is 5.45. The maximum absolute atomic E-state index is 12.3. The van der Waals surface area contributed by atoms with Crippen molar-refractivity contribution < 1.29 is 14.4 Å². The highest BCUT2D eigenvalue weighted by Gasteiger charge is 2.35. The van der Waals surface area contributed by atoms with E-state index in [9.17, 15) is 14.4 Å². The van der Waals surface area contributed by atoms with E-state index < -0.39 is 5.91 Å². The number of halogens is 1. The first-order valence-corrected chi connectivity index (χ1v) is 9.25. The van der Waals surface area contributed by atoms with Crippen molar-refractivity contribution in [3.05, 3.63) is 64.6 Å². The van der Waals surface area contributed by atoms with Gasteiger partial charge < -0.3 is 10.3 Å². The number of carbonyl (C=O) groups is 3. The predicted molar refractivity (Wildman–Crippen MR) is 104 cm³/mol. The van der Waals surface area contributed by atoms with Gasteiger partial charge in [0.15, 0.2) is 0 Å². The lowest BCUT2D eigenvalue weighted by atomic mass is 10.1. The fraction of sp³-hybridized carbons (Fsp3) is 0.200. The molecule has 7 nitrogen and oxygen atoms in total. The van der Waals surface area contributed by atoms with E-state index in [0.29, 0.717) is 23.6 Å². The predicted octanol–water partition coefficient (Wildman–Crippen LogP) is 2.56. The Bertz CT molecular complexity index is 1060. The average molecular weight is 397 g/mol. The molecule has 0 atom stereocenters. The molecule has 2 N–H and O–H groups in total. The van der Waals surface area contributed by atoms with Gasteiger partial charge in [-0.15, -0.1) is 0 Å². The van der Waals surface area contributed by atoms with Crippen LogP contribution in [0.15, 0.2) is 42.9 Å². The fourth-order valence-corrected chi connectivity index (χ4v) is 3.51. The number of pyridine rings is 1. The number of nitrogens with one attached hydrogen (secondary N) is 2. The Balaban J connectivity index is 1.29. The Kier molecular flexibility index (Phi) is 4.83. The molecule has 0 bridgehead atoms. The van der Waals surface area contributed by atoms with Crippen LogP contribution in [0.2, 0.25) is 5.02 Å². The van der Waals surface area contributed by atoms with E-state index in [1.165, 1.54) is 18.5 Å². The van der Waals surface area contributed by atoms with Crippen molar-refractivity contribution in [2.45, 2.75) is 12.8 Å². The third kappa shape index (κ3) is 3.36. The number of hydrogen-bond acceptors (Lipinski definition) is 4. The quantitative estimate of drug-likeness (QED) is 0.626. The lowest BCUT2D eigenvalue weighted by Gasteiger charge is -2.13. The van der Waals surface area contributed by atoms with E-state index in [4.69, 9.17) is 11.6 Å². The number of fused-ring (bicyclic) bond motifs is 2. The van der Waals surface area contributed by atoms with Gasteiger partial charge in [-0.05, 0) is 36.2 Å². The average Bonchev–Trinajstić information content (AvgIpc) is 3.20. The minimum atomic E-state index is -0.406. The molecule has 0 saturated carbocycles. The van der Waals surface area contributed by atoms with Gasteiger partial charge >= 0.3 is 0 Å². The highest BCUT2D eigenvalue weighted by Crippen LogP contribution is 2.23. The first kappa shape index (κ1) is 18.2. The second kappa shape index (κ2) is 7.44. The lowest BCUT2D eigenvalue weighted by Crippen LogP contribution is -2.35. The summed E-state index contributed by atoms with van der Waals surface area (Å²) in [7, 11) is 0. The first-order chi connectivity index (χ1) is 13.5. The first-order valence-electron chi connectivity index (χ1n) is 8.87. The van der Waals surface area contributed by atoms with Gasteiger partial charge in [0.05, 0.1) is 11.1 Å². The summed E-state index contributed by atoms with van der Waals surface area (Å²) < 4.78 is 0. The number of amides is 3. The number of imide groups is 1. The highest BCUT2D eigenvalue weighted by molar-refractivity contribution is 6.31. The van der Waals surface area contributed by atoms with Crippen LogP contribution >= 0.6 is 11.6 Å². The van der Waals surface area contributed by atoms with Crippen molar-refractivity contribution in [3.63, 3.8) is 0 Å². The Morgan fingerprint density at radius 2 is 2.00 bits per heavy atom. The van der Waals surface area contributed by atoms with Crippen LogP contribution in [0.5, 0.6) is 0 Å². The molecule has 8 heteroatoms. The third-order valence-electron chi connectivity index (χ3n) is 4.78. The van der Waals surface area contributed by atoms with Crippen molar-refractivity contribution in [3.8, 4) is 0 Å². The van der Waals surface area contributed by atoms with Crippen molar-refractivity contribution in [2.75, 3.05) is 13.1 Å². The molecular weight excluding hydrogens is 380 g/mol. The molecule has 0 unspecified atom stereocenters. The summed E-state index contributed by atoms with van der Waals surface area (Å²) in [5.74, 6) is -1.00. The van der Waals surface area contributed by atoms with Crippen LogP contribution in [0, 0.1) is 0 Å². The maximum Gasteiger partial charge on any atom is 0.263 e. The summed E-state index contributed by atoms with van der Waals surface area (Å²) in [6, 6.07) is 7.14. The molecule has 0 aliphatic carbocycles. The van der Waals surface area contributed by atoms with Gasteiger partial charge in [-0.25, -0.2) is 0 Å². The molecule has 1 aliphatic rings. The van der Waals surface area contributed by atoms with Crippen molar-refractivity contribution in [2.24, 2.45) is 0 Å². The largest absolute Gasteiger partial charge is 0.361 e. The van der Waals surface area contributed by atoms with Gasteiger partial charge in [-0.1, -0.05) is 11.6 Å². The number of H-pyrrole nitrogens is 1. The molecule has 1 aliphatic heterocycles. The minimum Gasteiger partial charge on any atom is -0.361 e. The Morgan fingerprint density at radius 1 is 1.18 bits per heavy atom. The van der Waals surface area contributed by atoms with Crippen molar-refractivity contribution in [1.29, 1.82) is 0 Å². The molecule has 142 valence electrons. The van der Waals surface area contributed by atoms with Crippen molar-refractivity contribution >= 4 is 40.2 Å². The van der Waals surface area contributed by atoms with Crippen molar-refractivity contribution in [1.82, 2.24) is 20.2 Å². The monoisotopic (exact) mass is 396 g/mol. The molecule has 0 fully saturated rings. The van der Waals surface area contributed by atoms with Crippen LogP contribution in [-0.2, 0) is 11.2 Å². The Hall–Kier alpha value is -3.19. The van der Waals surface area contributed by atoms with Gasteiger partial charge in [0.1, 0.15) is 0 Å². The standard InChI is InChI=1S/C20H17ClN4O3/c21-13-1-2-17-15(9-13)12(10-24-17)3-7-23-18(26)5-8-25-19(27)14-4-6-22-11-16(14)20(25)28/h1-2,4,6,9-11,24H,3,5,7-8H2,(H,23,26). The number of benzene rings is 1. The Labute approximate surface area is 165 Å². The minimum absolute atomic E-state index is 0.0425. The molecule has 3 heterocycles. The molecule has 1 aromatic carbocycles. The van der Waals surface area contributed by atoms with Crippen LogP contribution in [0.1, 0.15) is 32.7 Å². The number of rotatable bonds is 6. The van der Waals surface area contributed by atoms with Gasteiger partial charge in [-0.3, -0.25) is 24.3 Å². The molecule has 2 aromatic heterocycles. The lowest BCUT2D eigenvalue weighted by molar-refractivity contribution is -0.121. The molecule has 3 aromatic rings. The second-order valence-electron chi connectivity index (χ2n) is 6.54. The van der Waals surface area contributed by atoms with Crippen LogP contribution in [-0.4, -0.2) is 45.7 Å². The fourth-order valence-electron chi connectivity index (χ4n) is 3.33. The van der Waals surface area contributed by atoms with E-state index in [1.807, 2.05) is 24.4 Å². The number of nitrogens with zero attached hydrogens (tertiary/aromatic N) is 2. The van der Waals surface area contributed by atoms with Crippen LogP contribution in [0.25, 0.3) is 10.9 Å². The summed E-state index contributed by atoms with van der Waals surface area (Å²) in [4.78, 5) is 44.8. The second-order valence-corrected chi connectivity index (χ2v) is 6.97. The van der Waals surface area contributed by atoms with Crippen LogP contribution < -0.4 is 5.32 Å². The zero-order chi connectivity index (χ0) is 19.7. The molecule has 28 heavy (non-hydrogen) atoms. The van der Waals surface area contributed by atoms with E-state index in [2.05, 4.69) is 15.3 Å². The third-order valence-corrected chi connectivity index (χ3v) is 5.02. The topological polar surface area (TPSA) is 95.2 Å². The summed E-state index contributed by atoms with van der Waals surface area (Å²) in [6.45, 7) is 0.491. The molecule has 0 spiro atoms. The summed E-state index contributed by atoms with van der Waals surface area (Å²) >= 11 is 6.05. The smallest absolute Gasteiger partial charge is 0.263 e. The van der Waals surface area contributed by atoms with Gasteiger partial charge in [0, 0.05) is 54.0 Å². The highest BCUT2D eigenvalue weighted by atomic mass is 35.5. The zero-order valence-electron chi connectivity index (χ0n) is 14.9. The Morgan fingerprint density at radius 3 is 2.82 bits per heavy atom. The van der Waals surface area contributed by atoms with E-state index >= 15 is 0 Å². The summed E-state index contributed by atoms with van der Waals surface area (Å²) in [5, 5.41) is 4.52. The molecule has 3 amide bonds. The SMILES string of the molecule is O=C(CCN1C(=O)c2ccncc2C1=O)NCCc1c[nH]c2ccc(Cl)cc12. The van der Waals surface area contributed by atoms with E-state index in [0.717, 1.165) is 21.4 Å². The zero-order valence-corrected chi connectivity index (χ0v) is 15.6. The normalized spacial score (nSPS) is 13.2. The molecule has 4 rings (SSSR count). The van der Waals surface area contributed by atoms with Crippen LogP contribution in [0.4, 0.5) is 0 Å². The van der Waals surface area contributed by atoms with Gasteiger partial charge in [-0.2, -0.15) is 0 Å². The summed E-state index contributed by atoms with van der Waals surface area (Å²) in [5.41, 5.74) is 2.67. The number of aromatic nitrogens is 2. The number of aromatic amines is 1.